The molecule has 194 valence electrons. The smallest absolute Gasteiger partial charge is 0.419 e. The van der Waals surface area contributed by atoms with Crippen molar-refractivity contribution < 1.29 is 33.3 Å². The Bertz CT molecular complexity index is 1070. The second-order valence-corrected chi connectivity index (χ2v) is 9.30. The van der Waals surface area contributed by atoms with Gasteiger partial charge in [0.05, 0.1) is 13.7 Å². The highest BCUT2D eigenvalue weighted by Gasteiger charge is 2.33. The van der Waals surface area contributed by atoms with Crippen LogP contribution in [0.1, 0.15) is 31.9 Å². The summed E-state index contributed by atoms with van der Waals surface area (Å²) < 4.78 is 21.3. The summed E-state index contributed by atoms with van der Waals surface area (Å²) in [4.78, 5) is 39.2. The summed E-state index contributed by atoms with van der Waals surface area (Å²) in [5, 5.41) is 0. The molecule has 0 aromatic heterocycles. The lowest BCUT2D eigenvalue weighted by Crippen LogP contribution is -2.41. The zero-order valence-corrected chi connectivity index (χ0v) is 21.1. The van der Waals surface area contributed by atoms with Gasteiger partial charge in [0.25, 0.3) is 0 Å². The van der Waals surface area contributed by atoms with E-state index in [2.05, 4.69) is 0 Å². The largest absolute Gasteiger partial charge is 0.490 e. The molecule has 1 fully saturated rings. The van der Waals surface area contributed by atoms with Crippen LogP contribution in [-0.4, -0.2) is 61.7 Å². The molecule has 0 bridgehead atoms. The molecule has 2 aromatic rings. The highest BCUT2D eigenvalue weighted by atomic mass is 16.6. The molecule has 2 aromatic carbocycles. The molecule has 1 aliphatic rings. The number of hydrogen-bond donors (Lipinski definition) is 1. The molecule has 0 aliphatic carbocycles. The minimum absolute atomic E-state index is 0.0982. The summed E-state index contributed by atoms with van der Waals surface area (Å²) >= 11 is 0. The van der Waals surface area contributed by atoms with Crippen LogP contribution in [0.15, 0.2) is 48.5 Å². The number of nitrogens with two attached hydrogens (primary N) is 1. The van der Waals surface area contributed by atoms with Gasteiger partial charge in [-0.2, -0.15) is 0 Å². The van der Waals surface area contributed by atoms with E-state index in [-0.39, 0.29) is 13.2 Å². The first-order valence-corrected chi connectivity index (χ1v) is 11.7. The SMILES string of the molecule is COC(=O)N(CCc1ccc(OCC2CN(c3cccc(CN)c3)C(=O)O2)cc1)C(=O)OC(C)(C)C. The molecule has 1 heterocycles. The minimum Gasteiger partial charge on any atom is -0.490 e. The van der Waals surface area contributed by atoms with E-state index in [4.69, 9.17) is 24.7 Å². The topological polar surface area (TPSA) is 121 Å². The third kappa shape index (κ3) is 7.35. The Morgan fingerprint density at radius 1 is 1.11 bits per heavy atom. The van der Waals surface area contributed by atoms with Gasteiger partial charge in [-0.1, -0.05) is 24.3 Å². The Labute approximate surface area is 210 Å². The van der Waals surface area contributed by atoms with Crippen molar-refractivity contribution in [2.75, 3.05) is 31.7 Å². The predicted molar refractivity (Wildman–Crippen MR) is 133 cm³/mol. The van der Waals surface area contributed by atoms with Gasteiger partial charge in [-0.15, -0.1) is 0 Å². The number of carbonyl (C=O) groups excluding carboxylic acids is 3. The molecule has 1 atom stereocenters. The van der Waals surface area contributed by atoms with Crippen molar-refractivity contribution in [2.45, 2.75) is 45.4 Å². The van der Waals surface area contributed by atoms with Crippen molar-refractivity contribution in [1.82, 2.24) is 4.90 Å². The predicted octanol–water partition coefficient (Wildman–Crippen LogP) is 4.10. The average molecular weight is 500 g/mol. The van der Waals surface area contributed by atoms with Gasteiger partial charge in [0, 0.05) is 18.8 Å². The lowest BCUT2D eigenvalue weighted by atomic mass is 10.1. The van der Waals surface area contributed by atoms with Gasteiger partial charge in [0.15, 0.2) is 6.10 Å². The number of ether oxygens (including phenoxy) is 4. The Balaban J connectivity index is 1.51. The maximum absolute atomic E-state index is 12.4. The number of anilines is 1. The number of amides is 3. The number of methoxy groups -OCH3 is 1. The van der Waals surface area contributed by atoms with Crippen molar-refractivity contribution in [3.63, 3.8) is 0 Å². The molecular weight excluding hydrogens is 466 g/mol. The summed E-state index contributed by atoms with van der Waals surface area (Å²) in [7, 11) is 1.21. The fourth-order valence-electron chi connectivity index (χ4n) is 3.54. The maximum atomic E-state index is 12.4. The van der Waals surface area contributed by atoms with Crippen LogP contribution in [-0.2, 0) is 27.2 Å². The monoisotopic (exact) mass is 499 g/mol. The van der Waals surface area contributed by atoms with Crippen LogP contribution >= 0.6 is 0 Å². The molecule has 0 radical (unpaired) electrons. The Kier molecular flexibility index (Phi) is 8.76. The Hall–Kier alpha value is -3.79. The van der Waals surface area contributed by atoms with E-state index in [0.29, 0.717) is 25.3 Å². The number of hydrogen-bond acceptors (Lipinski definition) is 8. The zero-order chi connectivity index (χ0) is 26.3. The van der Waals surface area contributed by atoms with Gasteiger partial charge in [-0.3, -0.25) is 4.90 Å². The fourth-order valence-corrected chi connectivity index (χ4v) is 3.54. The minimum atomic E-state index is -0.779. The van der Waals surface area contributed by atoms with Crippen LogP contribution in [0.3, 0.4) is 0 Å². The fraction of sp³-hybridized carbons (Fsp3) is 0.423. The number of imide groups is 1. The lowest BCUT2D eigenvalue weighted by molar-refractivity contribution is 0.0248. The third-order valence-electron chi connectivity index (χ3n) is 5.32. The zero-order valence-electron chi connectivity index (χ0n) is 21.1. The molecule has 10 heteroatoms. The Morgan fingerprint density at radius 3 is 2.47 bits per heavy atom. The molecule has 3 rings (SSSR count). The highest BCUT2D eigenvalue weighted by molar-refractivity contribution is 5.90. The van der Waals surface area contributed by atoms with Crippen LogP contribution in [0.2, 0.25) is 0 Å². The summed E-state index contributed by atoms with van der Waals surface area (Å²) in [5.41, 5.74) is 7.51. The van der Waals surface area contributed by atoms with Gasteiger partial charge in [-0.25, -0.2) is 19.3 Å². The van der Waals surface area contributed by atoms with E-state index in [1.807, 2.05) is 36.4 Å². The van der Waals surface area contributed by atoms with Gasteiger partial charge >= 0.3 is 18.3 Å². The molecule has 3 amide bonds. The van der Waals surface area contributed by atoms with Crippen LogP contribution in [0, 0.1) is 0 Å². The van der Waals surface area contributed by atoms with E-state index in [0.717, 1.165) is 21.7 Å². The second-order valence-electron chi connectivity index (χ2n) is 9.30. The van der Waals surface area contributed by atoms with Crippen molar-refractivity contribution in [3.05, 3.63) is 59.7 Å². The summed E-state index contributed by atoms with van der Waals surface area (Å²) in [5.74, 6) is 0.607. The van der Waals surface area contributed by atoms with E-state index < -0.39 is 30.0 Å². The molecule has 10 nitrogen and oxygen atoms in total. The highest BCUT2D eigenvalue weighted by Crippen LogP contribution is 2.23. The Morgan fingerprint density at radius 2 is 1.83 bits per heavy atom. The molecule has 1 unspecified atom stereocenters. The quantitative estimate of drug-likeness (QED) is 0.539. The molecule has 1 aliphatic heterocycles. The first-order valence-electron chi connectivity index (χ1n) is 11.7. The van der Waals surface area contributed by atoms with Crippen molar-refractivity contribution >= 4 is 24.0 Å². The van der Waals surface area contributed by atoms with Gasteiger partial charge in [0.2, 0.25) is 0 Å². The van der Waals surface area contributed by atoms with E-state index in [1.54, 1.807) is 37.8 Å². The summed E-state index contributed by atoms with van der Waals surface area (Å²) in [6.45, 7) is 6.24. The molecule has 1 saturated heterocycles. The third-order valence-corrected chi connectivity index (χ3v) is 5.32. The number of carbonyl (C=O) groups is 3. The van der Waals surface area contributed by atoms with E-state index in [9.17, 15) is 14.4 Å². The van der Waals surface area contributed by atoms with Crippen LogP contribution in [0.4, 0.5) is 20.1 Å². The van der Waals surface area contributed by atoms with Gasteiger partial charge in [-0.05, 0) is 62.6 Å². The first-order chi connectivity index (χ1) is 17.1. The van der Waals surface area contributed by atoms with E-state index >= 15 is 0 Å². The molecule has 2 N–H and O–H groups in total. The average Bonchev–Trinajstić information content (AvgIpc) is 3.22. The van der Waals surface area contributed by atoms with Crippen LogP contribution in [0.5, 0.6) is 5.75 Å². The first kappa shape index (κ1) is 26.8. The number of benzene rings is 2. The van der Waals surface area contributed by atoms with Crippen molar-refractivity contribution in [3.8, 4) is 5.75 Å². The summed E-state index contributed by atoms with van der Waals surface area (Å²) in [6, 6.07) is 14.7. The second kappa shape index (κ2) is 11.8. The normalized spacial score (nSPS) is 15.3. The van der Waals surface area contributed by atoms with Crippen molar-refractivity contribution in [2.24, 2.45) is 5.73 Å². The molecule has 0 saturated carbocycles. The standard InChI is InChI=1S/C26H33N3O7/c1-26(2,3)36-25(32)28(23(30)33-4)13-12-18-8-10-21(11-9-18)34-17-22-16-29(24(31)35-22)20-7-5-6-19(14-20)15-27/h5-11,14,22H,12-13,15-17,27H2,1-4H3. The molecular formula is C26H33N3O7. The summed E-state index contributed by atoms with van der Waals surface area (Å²) in [6.07, 6.45) is -1.97. The number of nitrogens with zero attached hydrogens (tertiary/aromatic N) is 2. The number of rotatable bonds is 8. The van der Waals surface area contributed by atoms with Crippen LogP contribution < -0.4 is 15.4 Å². The molecule has 36 heavy (non-hydrogen) atoms. The van der Waals surface area contributed by atoms with Crippen molar-refractivity contribution in [1.29, 1.82) is 0 Å². The lowest BCUT2D eigenvalue weighted by Gasteiger charge is -2.25. The maximum Gasteiger partial charge on any atom is 0.419 e. The van der Waals surface area contributed by atoms with Gasteiger partial charge in [0.1, 0.15) is 18.0 Å². The van der Waals surface area contributed by atoms with Gasteiger partial charge < -0.3 is 24.7 Å². The number of cyclic esters (lactones) is 1. The van der Waals surface area contributed by atoms with Crippen LogP contribution in [0.25, 0.3) is 0 Å². The molecule has 0 spiro atoms. The van der Waals surface area contributed by atoms with E-state index in [1.165, 1.54) is 7.11 Å².